The summed E-state index contributed by atoms with van der Waals surface area (Å²) in [6, 6.07) is 21.0. The van der Waals surface area contributed by atoms with Crippen molar-refractivity contribution >= 4 is 29.1 Å². The molecule has 0 unspecified atom stereocenters. The minimum absolute atomic E-state index is 0.0157. The molecule has 5 rings (SSSR count). The molecule has 2 heterocycles. The van der Waals surface area contributed by atoms with Crippen LogP contribution in [0.1, 0.15) is 36.8 Å². The zero-order valence-corrected chi connectivity index (χ0v) is 24.2. The highest BCUT2D eigenvalue weighted by molar-refractivity contribution is 8.04. The molecule has 1 aliphatic heterocycles. The van der Waals surface area contributed by atoms with Gasteiger partial charge in [-0.2, -0.15) is 0 Å². The number of aromatic nitrogens is 3. The maximum Gasteiger partial charge on any atom is 0.573 e. The number of carbonyl (C=O) groups excluding carboxylic acids is 2. The molecule has 0 aliphatic carbocycles. The number of aryl methyl sites for hydroxylation is 2. The summed E-state index contributed by atoms with van der Waals surface area (Å²) in [5.41, 5.74) is 4.30. The number of halogens is 3. The van der Waals surface area contributed by atoms with Gasteiger partial charge in [0.15, 0.2) is 11.6 Å². The average molecular weight is 607 g/mol. The van der Waals surface area contributed by atoms with Gasteiger partial charge in [-0.25, -0.2) is 9.67 Å². The van der Waals surface area contributed by atoms with E-state index in [1.54, 1.807) is 11.0 Å². The van der Waals surface area contributed by atoms with E-state index in [1.165, 1.54) is 47.0 Å². The van der Waals surface area contributed by atoms with E-state index in [1.807, 2.05) is 55.5 Å². The molecule has 11 heteroatoms. The first-order valence-corrected chi connectivity index (χ1v) is 14.8. The van der Waals surface area contributed by atoms with Crippen molar-refractivity contribution in [2.45, 2.75) is 45.4 Å². The maximum absolute atomic E-state index is 12.7. The summed E-state index contributed by atoms with van der Waals surface area (Å²) in [6.07, 6.45) is 2.16. The van der Waals surface area contributed by atoms with Crippen molar-refractivity contribution in [2.75, 3.05) is 10.7 Å². The van der Waals surface area contributed by atoms with Gasteiger partial charge in [0, 0.05) is 18.1 Å². The molecule has 0 atom stereocenters. The number of para-hydroxylation sites is 1. The molecule has 1 saturated heterocycles. The number of thioether (sulfide) groups is 1. The summed E-state index contributed by atoms with van der Waals surface area (Å²) in [6.45, 7) is 1.95. The van der Waals surface area contributed by atoms with Crippen LogP contribution in [-0.2, 0) is 16.0 Å². The Balaban J connectivity index is 1.11. The third-order valence-corrected chi connectivity index (χ3v) is 7.84. The highest BCUT2D eigenvalue weighted by Crippen LogP contribution is 2.35. The Labute approximate surface area is 251 Å². The molecule has 3 aromatic carbocycles. The highest BCUT2D eigenvalue weighted by Gasteiger charge is 2.31. The smallest absolute Gasteiger partial charge is 0.406 e. The maximum atomic E-state index is 12.7. The molecule has 0 N–H and O–H groups in total. The molecule has 0 spiro atoms. The van der Waals surface area contributed by atoms with Crippen LogP contribution < -0.4 is 9.64 Å². The van der Waals surface area contributed by atoms with Gasteiger partial charge >= 0.3 is 6.36 Å². The Bertz CT molecular complexity index is 1630. The lowest BCUT2D eigenvalue weighted by Crippen LogP contribution is -2.25. The Kier molecular flexibility index (Phi) is 9.30. The number of rotatable bonds is 11. The number of nitrogens with zero attached hydrogens (tertiary/aromatic N) is 4. The van der Waals surface area contributed by atoms with Gasteiger partial charge in [0.25, 0.3) is 0 Å². The van der Waals surface area contributed by atoms with E-state index in [9.17, 15) is 22.8 Å². The predicted octanol–water partition coefficient (Wildman–Crippen LogP) is 7.43. The van der Waals surface area contributed by atoms with Crippen LogP contribution >= 0.6 is 11.8 Å². The van der Waals surface area contributed by atoms with Crippen LogP contribution in [0.15, 0.2) is 90.2 Å². The van der Waals surface area contributed by atoms with Gasteiger partial charge in [0.05, 0.1) is 22.2 Å². The number of unbranched alkanes of at least 4 members (excludes halogenated alkanes) is 2. The third kappa shape index (κ3) is 7.92. The van der Waals surface area contributed by atoms with Gasteiger partial charge in [0.2, 0.25) is 5.91 Å². The van der Waals surface area contributed by atoms with Crippen molar-refractivity contribution in [3.63, 3.8) is 0 Å². The lowest BCUT2D eigenvalue weighted by molar-refractivity contribution is -0.274. The Hall–Kier alpha value is -4.38. The van der Waals surface area contributed by atoms with Crippen molar-refractivity contribution in [1.29, 1.82) is 0 Å². The van der Waals surface area contributed by atoms with Gasteiger partial charge < -0.3 is 4.74 Å². The van der Waals surface area contributed by atoms with E-state index in [0.717, 1.165) is 48.1 Å². The first kappa shape index (κ1) is 30.1. The van der Waals surface area contributed by atoms with Gasteiger partial charge in [-0.3, -0.25) is 14.5 Å². The fourth-order valence-corrected chi connectivity index (χ4v) is 5.71. The lowest BCUT2D eigenvalue weighted by atomic mass is 10.0. The summed E-state index contributed by atoms with van der Waals surface area (Å²) in [4.78, 5) is 31.2. The molecule has 43 heavy (non-hydrogen) atoms. The van der Waals surface area contributed by atoms with E-state index >= 15 is 0 Å². The van der Waals surface area contributed by atoms with Gasteiger partial charge in [-0.1, -0.05) is 54.6 Å². The molecule has 0 saturated carbocycles. The highest BCUT2D eigenvalue weighted by atomic mass is 32.2. The van der Waals surface area contributed by atoms with Crippen molar-refractivity contribution in [3.05, 3.63) is 101 Å². The minimum Gasteiger partial charge on any atom is -0.406 e. The number of anilines is 1. The zero-order valence-electron chi connectivity index (χ0n) is 23.4. The lowest BCUT2D eigenvalue weighted by Gasteiger charge is -2.19. The number of ether oxygens (including phenoxy) is 1. The van der Waals surface area contributed by atoms with E-state index in [-0.39, 0.29) is 17.4 Å². The summed E-state index contributed by atoms with van der Waals surface area (Å²) < 4.78 is 42.6. The SMILES string of the molecule is Cc1ccccc1N1C(=O)CS/C1=C\C(=O)CCCCCc1cccc(-c2ncn(-c3ccc(OC(F)(F)F)cc3)n2)c1. The number of carbonyl (C=O) groups is 2. The van der Waals surface area contributed by atoms with Crippen LogP contribution in [0.5, 0.6) is 5.75 Å². The van der Waals surface area contributed by atoms with Crippen LogP contribution in [0, 0.1) is 6.92 Å². The first-order valence-electron chi connectivity index (χ1n) is 13.8. The first-order chi connectivity index (χ1) is 20.7. The topological polar surface area (TPSA) is 77.3 Å². The van der Waals surface area contributed by atoms with Crippen LogP contribution in [0.25, 0.3) is 17.1 Å². The Morgan fingerprint density at radius 1 is 1.02 bits per heavy atom. The molecule has 1 amide bonds. The molecule has 1 fully saturated rings. The van der Waals surface area contributed by atoms with Crippen molar-refractivity contribution in [1.82, 2.24) is 14.8 Å². The number of alkyl halides is 3. The largest absolute Gasteiger partial charge is 0.573 e. The molecule has 222 valence electrons. The fraction of sp³-hybridized carbons (Fsp3) is 0.250. The molecular weight excluding hydrogens is 577 g/mol. The van der Waals surface area contributed by atoms with Crippen LogP contribution in [0.3, 0.4) is 0 Å². The number of benzene rings is 3. The summed E-state index contributed by atoms with van der Waals surface area (Å²) >= 11 is 1.40. The summed E-state index contributed by atoms with van der Waals surface area (Å²) in [5, 5.41) is 5.16. The predicted molar refractivity (Wildman–Crippen MR) is 160 cm³/mol. The van der Waals surface area contributed by atoms with Crippen molar-refractivity contribution < 1.29 is 27.5 Å². The van der Waals surface area contributed by atoms with Gasteiger partial charge in [-0.15, -0.1) is 18.3 Å². The van der Waals surface area contributed by atoms with E-state index in [0.29, 0.717) is 28.7 Å². The second-order valence-corrected chi connectivity index (χ2v) is 11.1. The molecule has 4 aromatic rings. The average Bonchev–Trinajstić information content (AvgIpc) is 3.60. The van der Waals surface area contributed by atoms with E-state index in [4.69, 9.17) is 0 Å². The number of allylic oxidation sites excluding steroid dienone is 1. The monoisotopic (exact) mass is 606 g/mol. The molecular formula is C32H29F3N4O3S. The fourth-order valence-electron chi connectivity index (χ4n) is 4.76. The number of hydrogen-bond donors (Lipinski definition) is 0. The van der Waals surface area contributed by atoms with Gasteiger partial charge in [-0.05, 0) is 73.7 Å². The van der Waals surface area contributed by atoms with Crippen LogP contribution in [-0.4, -0.2) is 38.6 Å². The molecule has 0 radical (unpaired) electrons. The quantitative estimate of drug-likeness (QED) is 0.131. The van der Waals surface area contributed by atoms with Gasteiger partial charge in [0.1, 0.15) is 12.1 Å². The number of ketones is 1. The summed E-state index contributed by atoms with van der Waals surface area (Å²) in [5.74, 6) is 0.521. The summed E-state index contributed by atoms with van der Waals surface area (Å²) in [7, 11) is 0. The molecule has 1 aliphatic rings. The van der Waals surface area contributed by atoms with Crippen LogP contribution in [0.2, 0.25) is 0 Å². The standard InChI is InChI=1S/C32H29F3N4O3S/c1-22-8-5-6-13-28(22)39-29(41)20-43-30(39)19-26(40)12-4-2-3-9-23-10-7-11-24(18-23)31-36-21-38(37-31)25-14-16-27(17-15-25)42-32(33,34)35/h5-8,10-11,13-19,21H,2-4,9,12,20H2,1H3/b30-19-. The van der Waals surface area contributed by atoms with E-state index in [2.05, 4.69) is 14.8 Å². The Morgan fingerprint density at radius 2 is 1.81 bits per heavy atom. The van der Waals surface area contributed by atoms with E-state index < -0.39 is 6.36 Å². The molecule has 1 aromatic heterocycles. The number of amides is 1. The second kappa shape index (κ2) is 13.3. The number of hydrogen-bond acceptors (Lipinski definition) is 6. The molecule has 0 bridgehead atoms. The zero-order chi connectivity index (χ0) is 30.4. The third-order valence-electron chi connectivity index (χ3n) is 6.85. The van der Waals surface area contributed by atoms with Crippen molar-refractivity contribution in [2.24, 2.45) is 0 Å². The van der Waals surface area contributed by atoms with Crippen molar-refractivity contribution in [3.8, 4) is 22.8 Å². The molecule has 7 nitrogen and oxygen atoms in total. The second-order valence-electron chi connectivity index (χ2n) is 10.1. The minimum atomic E-state index is -4.75. The Morgan fingerprint density at radius 3 is 2.58 bits per heavy atom. The normalized spacial score (nSPS) is 14.5. The van der Waals surface area contributed by atoms with Crippen LogP contribution in [0.4, 0.5) is 18.9 Å².